The maximum atomic E-state index is 11.3. The Bertz CT molecular complexity index is 476. The molecule has 6 nitrogen and oxygen atoms in total. The third-order valence-corrected chi connectivity index (χ3v) is 5.24. The molecular formula is C24H43NO5. The number of carboxylic acid groups (broad SMARTS) is 2. The van der Waals surface area contributed by atoms with E-state index in [0.29, 0.717) is 13.0 Å². The zero-order valence-electron chi connectivity index (χ0n) is 18.7. The van der Waals surface area contributed by atoms with Gasteiger partial charge in [-0.05, 0) is 12.8 Å². The molecule has 3 N–H and O–H groups in total. The summed E-state index contributed by atoms with van der Waals surface area (Å²) in [6.45, 7) is 0.605. The lowest BCUT2D eigenvalue weighted by molar-refractivity contribution is -0.137. The molecule has 0 aliphatic rings. The zero-order chi connectivity index (χ0) is 22.3. The molecule has 174 valence electrons. The highest BCUT2D eigenvalue weighted by atomic mass is 16.4. The summed E-state index contributed by atoms with van der Waals surface area (Å²) in [7, 11) is 0. The van der Waals surface area contributed by atoms with Gasteiger partial charge in [0, 0.05) is 25.1 Å². The van der Waals surface area contributed by atoms with Crippen LogP contribution in [0.4, 0.5) is 0 Å². The summed E-state index contributed by atoms with van der Waals surface area (Å²) >= 11 is 0. The zero-order valence-corrected chi connectivity index (χ0v) is 18.7. The Morgan fingerprint density at radius 3 is 1.27 bits per heavy atom. The fraction of sp³-hybridized carbons (Fsp3) is 0.792. The first-order valence-electron chi connectivity index (χ1n) is 11.9. The smallest absolute Gasteiger partial charge is 0.328 e. The Morgan fingerprint density at radius 1 is 0.533 bits per heavy atom. The molecule has 0 atom stereocenters. The first-order valence-corrected chi connectivity index (χ1v) is 11.9. The van der Waals surface area contributed by atoms with Crippen LogP contribution < -0.4 is 5.32 Å². The summed E-state index contributed by atoms with van der Waals surface area (Å²) in [6, 6.07) is 0. The van der Waals surface area contributed by atoms with Crippen molar-refractivity contribution in [2.24, 2.45) is 0 Å². The van der Waals surface area contributed by atoms with Crippen molar-refractivity contribution in [2.45, 2.75) is 116 Å². The summed E-state index contributed by atoms with van der Waals surface area (Å²) in [4.78, 5) is 32.0. The molecule has 0 bridgehead atoms. The molecule has 30 heavy (non-hydrogen) atoms. The topological polar surface area (TPSA) is 104 Å². The van der Waals surface area contributed by atoms with Gasteiger partial charge < -0.3 is 15.5 Å². The summed E-state index contributed by atoms with van der Waals surface area (Å²) in [5.41, 5.74) is 0. The van der Waals surface area contributed by atoms with Gasteiger partial charge >= 0.3 is 11.9 Å². The molecule has 6 heteroatoms. The number of nitrogens with one attached hydrogen (secondary N) is 1. The predicted molar refractivity (Wildman–Crippen MR) is 121 cm³/mol. The minimum Gasteiger partial charge on any atom is -0.481 e. The van der Waals surface area contributed by atoms with E-state index in [2.05, 4.69) is 5.32 Å². The van der Waals surface area contributed by atoms with Crippen LogP contribution in [0.1, 0.15) is 116 Å². The van der Waals surface area contributed by atoms with Gasteiger partial charge in [-0.25, -0.2) is 4.79 Å². The molecular weight excluding hydrogens is 382 g/mol. The van der Waals surface area contributed by atoms with Crippen LogP contribution in [-0.4, -0.2) is 34.6 Å². The molecule has 0 fully saturated rings. The van der Waals surface area contributed by atoms with E-state index in [1.807, 2.05) is 0 Å². The molecule has 0 spiro atoms. The van der Waals surface area contributed by atoms with Gasteiger partial charge in [0.1, 0.15) is 0 Å². The first kappa shape index (κ1) is 28.1. The second kappa shape index (κ2) is 21.8. The molecule has 0 radical (unpaired) electrons. The quantitative estimate of drug-likeness (QED) is 0.149. The monoisotopic (exact) mass is 425 g/mol. The number of amides is 1. The van der Waals surface area contributed by atoms with Crippen LogP contribution in [-0.2, 0) is 14.4 Å². The normalized spacial score (nSPS) is 11.1. The molecule has 0 saturated heterocycles. The second-order valence-electron chi connectivity index (χ2n) is 8.12. The van der Waals surface area contributed by atoms with Gasteiger partial charge in [-0.1, -0.05) is 96.3 Å². The molecule has 0 rings (SSSR count). The number of carbonyl (C=O) groups is 3. The van der Waals surface area contributed by atoms with Crippen molar-refractivity contribution in [3.05, 3.63) is 12.2 Å². The van der Waals surface area contributed by atoms with E-state index in [4.69, 9.17) is 10.2 Å². The number of hydrogen-bond acceptors (Lipinski definition) is 3. The van der Waals surface area contributed by atoms with E-state index in [1.165, 1.54) is 83.5 Å². The van der Waals surface area contributed by atoms with Gasteiger partial charge in [0.25, 0.3) is 0 Å². The number of carbonyl (C=O) groups excluding carboxylic acids is 1. The summed E-state index contributed by atoms with van der Waals surface area (Å²) in [6.07, 6.45) is 22.9. The molecule has 0 heterocycles. The first-order chi connectivity index (χ1) is 14.5. The lowest BCUT2D eigenvalue weighted by Crippen LogP contribution is -2.22. The maximum Gasteiger partial charge on any atom is 0.328 e. The Morgan fingerprint density at radius 2 is 0.900 bits per heavy atom. The lowest BCUT2D eigenvalue weighted by Gasteiger charge is -2.04. The average Bonchev–Trinajstić information content (AvgIpc) is 2.70. The highest BCUT2D eigenvalue weighted by molar-refractivity contribution is 5.93. The number of unbranched alkanes of at least 4 members (excludes halogenated alkanes) is 16. The van der Waals surface area contributed by atoms with Crippen molar-refractivity contribution in [3.63, 3.8) is 0 Å². The SMILES string of the molecule is O=C(O)C=CC(=O)NCCCCCCCCCCCCCCCCCCCC(=O)O. The average molecular weight is 426 g/mol. The van der Waals surface area contributed by atoms with Crippen molar-refractivity contribution >= 4 is 17.8 Å². The van der Waals surface area contributed by atoms with E-state index in [1.54, 1.807) is 0 Å². The van der Waals surface area contributed by atoms with Crippen molar-refractivity contribution in [2.75, 3.05) is 6.54 Å². The van der Waals surface area contributed by atoms with Crippen molar-refractivity contribution in [3.8, 4) is 0 Å². The van der Waals surface area contributed by atoms with Crippen molar-refractivity contribution < 1.29 is 24.6 Å². The van der Waals surface area contributed by atoms with Gasteiger partial charge in [0.15, 0.2) is 0 Å². The highest BCUT2D eigenvalue weighted by Gasteiger charge is 1.98. The molecule has 0 aliphatic heterocycles. The fourth-order valence-corrected chi connectivity index (χ4v) is 3.47. The fourth-order valence-electron chi connectivity index (χ4n) is 3.47. The van der Waals surface area contributed by atoms with Crippen molar-refractivity contribution in [1.82, 2.24) is 5.32 Å². The number of aliphatic carboxylic acids is 2. The van der Waals surface area contributed by atoms with E-state index in [0.717, 1.165) is 37.8 Å². The summed E-state index contributed by atoms with van der Waals surface area (Å²) < 4.78 is 0. The number of hydrogen-bond donors (Lipinski definition) is 3. The third kappa shape index (κ3) is 24.2. The van der Waals surface area contributed by atoms with Crippen LogP contribution in [0.15, 0.2) is 12.2 Å². The largest absolute Gasteiger partial charge is 0.481 e. The molecule has 0 unspecified atom stereocenters. The molecule has 0 aromatic carbocycles. The van der Waals surface area contributed by atoms with Crippen LogP contribution in [0, 0.1) is 0 Å². The Labute approximate surface area is 182 Å². The minimum absolute atomic E-state index is 0.315. The third-order valence-electron chi connectivity index (χ3n) is 5.24. The maximum absolute atomic E-state index is 11.3. The van der Waals surface area contributed by atoms with Gasteiger partial charge in [0.05, 0.1) is 0 Å². The summed E-state index contributed by atoms with van der Waals surface area (Å²) in [5, 5.41) is 19.7. The highest BCUT2D eigenvalue weighted by Crippen LogP contribution is 2.14. The molecule has 0 saturated carbocycles. The predicted octanol–water partition coefficient (Wildman–Crippen LogP) is 5.85. The van der Waals surface area contributed by atoms with Crippen molar-refractivity contribution in [1.29, 1.82) is 0 Å². The number of carboxylic acids is 2. The van der Waals surface area contributed by atoms with Gasteiger partial charge in [-0.3, -0.25) is 9.59 Å². The minimum atomic E-state index is -1.11. The summed E-state index contributed by atoms with van der Waals surface area (Å²) in [5.74, 6) is -2.13. The van der Waals surface area contributed by atoms with Crippen LogP contribution in [0.2, 0.25) is 0 Å². The molecule has 1 amide bonds. The van der Waals surface area contributed by atoms with Crippen LogP contribution in [0.3, 0.4) is 0 Å². The van der Waals surface area contributed by atoms with E-state index in [9.17, 15) is 14.4 Å². The molecule has 0 aliphatic carbocycles. The Kier molecular flexibility index (Phi) is 20.5. The van der Waals surface area contributed by atoms with Crippen LogP contribution in [0.5, 0.6) is 0 Å². The lowest BCUT2D eigenvalue weighted by atomic mass is 10.0. The van der Waals surface area contributed by atoms with Gasteiger partial charge in [-0.15, -0.1) is 0 Å². The van der Waals surface area contributed by atoms with E-state index >= 15 is 0 Å². The van der Waals surface area contributed by atoms with E-state index < -0.39 is 11.9 Å². The van der Waals surface area contributed by atoms with Crippen LogP contribution >= 0.6 is 0 Å². The molecule has 0 aromatic heterocycles. The standard InChI is InChI=1S/C24H43NO5/c26-22(19-20-24(29)30)25-21-17-15-13-11-9-7-5-3-1-2-4-6-8-10-12-14-16-18-23(27)28/h19-20H,1-18,21H2,(H,25,26)(H,27,28)(H,29,30). The van der Waals surface area contributed by atoms with Gasteiger partial charge in [0.2, 0.25) is 5.91 Å². The van der Waals surface area contributed by atoms with Crippen LogP contribution in [0.25, 0.3) is 0 Å². The number of rotatable bonds is 22. The molecule has 0 aromatic rings. The Balaban J connectivity index is 3.14. The van der Waals surface area contributed by atoms with E-state index in [-0.39, 0.29) is 5.91 Å². The second-order valence-corrected chi connectivity index (χ2v) is 8.12. The van der Waals surface area contributed by atoms with Gasteiger partial charge in [-0.2, -0.15) is 0 Å². The Hall–Kier alpha value is -1.85.